The summed E-state index contributed by atoms with van der Waals surface area (Å²) in [7, 11) is -3.94. The first kappa shape index (κ1) is 17.8. The lowest BCUT2D eigenvalue weighted by atomic mass is 9.97. The minimum atomic E-state index is -3.94. The summed E-state index contributed by atoms with van der Waals surface area (Å²) < 4.78 is 28.4. The monoisotopic (exact) mass is 401 g/mol. The van der Waals surface area contributed by atoms with Gasteiger partial charge in [-0.05, 0) is 61.2 Å². The van der Waals surface area contributed by atoms with E-state index in [0.717, 1.165) is 29.7 Å². The summed E-state index contributed by atoms with van der Waals surface area (Å²) in [6, 6.07) is 9.53. The molecule has 0 saturated carbocycles. The number of nitriles is 1. The second kappa shape index (κ2) is 6.25. The van der Waals surface area contributed by atoms with Gasteiger partial charge in [0.15, 0.2) is 0 Å². The van der Waals surface area contributed by atoms with Gasteiger partial charge in [0.1, 0.15) is 6.07 Å². The van der Waals surface area contributed by atoms with Gasteiger partial charge < -0.3 is 4.90 Å². The molecule has 27 heavy (non-hydrogen) atoms. The number of amides is 1. The summed E-state index contributed by atoms with van der Waals surface area (Å²) in [5, 5.41) is 9.54. The van der Waals surface area contributed by atoms with E-state index < -0.39 is 10.0 Å². The van der Waals surface area contributed by atoms with Gasteiger partial charge in [-0.3, -0.25) is 9.52 Å². The summed E-state index contributed by atoms with van der Waals surface area (Å²) in [6.07, 6.45) is 1.53. The molecule has 0 saturated heterocycles. The molecule has 8 heteroatoms. The molecular formula is C19H16ClN3O3S. The summed E-state index contributed by atoms with van der Waals surface area (Å²) in [6.45, 7) is 2.46. The van der Waals surface area contributed by atoms with Gasteiger partial charge in [0.25, 0.3) is 10.0 Å². The fraction of sp³-hybridized carbons (Fsp3) is 0.263. The molecule has 2 heterocycles. The lowest BCUT2D eigenvalue weighted by Gasteiger charge is -2.26. The van der Waals surface area contributed by atoms with Crippen molar-refractivity contribution in [2.24, 2.45) is 0 Å². The van der Waals surface area contributed by atoms with Crippen LogP contribution in [0.25, 0.3) is 0 Å². The number of sulfonamides is 1. The van der Waals surface area contributed by atoms with E-state index in [9.17, 15) is 18.5 Å². The highest BCUT2D eigenvalue weighted by Gasteiger charge is 2.38. The maximum Gasteiger partial charge on any atom is 0.261 e. The maximum absolute atomic E-state index is 13.0. The fourth-order valence-electron chi connectivity index (χ4n) is 3.72. The van der Waals surface area contributed by atoms with Crippen LogP contribution in [0, 0.1) is 11.3 Å². The fourth-order valence-corrected chi connectivity index (χ4v) is 5.05. The Morgan fingerprint density at radius 3 is 2.81 bits per heavy atom. The van der Waals surface area contributed by atoms with Crippen molar-refractivity contribution in [1.29, 1.82) is 5.26 Å². The smallest absolute Gasteiger partial charge is 0.261 e. The number of hydrogen-bond acceptors (Lipinski definition) is 4. The zero-order valence-electron chi connectivity index (χ0n) is 14.5. The molecule has 1 amide bonds. The number of carbonyl (C=O) groups is 1. The molecule has 1 N–H and O–H groups in total. The zero-order chi connectivity index (χ0) is 19.3. The minimum Gasteiger partial charge on any atom is -0.311 e. The van der Waals surface area contributed by atoms with Crippen molar-refractivity contribution in [2.45, 2.75) is 30.6 Å². The second-order valence-corrected chi connectivity index (χ2v) is 8.86. The van der Waals surface area contributed by atoms with E-state index in [1.165, 1.54) is 18.2 Å². The van der Waals surface area contributed by atoms with Crippen molar-refractivity contribution in [3.05, 3.63) is 52.0 Å². The van der Waals surface area contributed by atoms with Crippen LogP contribution in [0.15, 0.2) is 35.2 Å². The molecule has 2 aliphatic heterocycles. The summed E-state index contributed by atoms with van der Waals surface area (Å²) in [5.41, 5.74) is 2.77. The molecule has 0 bridgehead atoms. The lowest BCUT2D eigenvalue weighted by Crippen LogP contribution is -2.32. The topological polar surface area (TPSA) is 90.3 Å². The standard InChI is InChI=1S/C19H16ClN3O3S/c1-11-16-9-15(7-12-3-2-6-23(18(12)16)19(11)24)27(25,26)22-17-8-14(20)5-4-13(17)10-21/h4-5,7-9,11,22H,2-3,6H2,1H3/t11-/m0/s1. The van der Waals surface area contributed by atoms with Crippen LogP contribution in [0.5, 0.6) is 0 Å². The summed E-state index contributed by atoms with van der Waals surface area (Å²) in [5.74, 6) is -0.358. The molecule has 0 unspecified atom stereocenters. The van der Waals surface area contributed by atoms with Gasteiger partial charge in [-0.25, -0.2) is 8.42 Å². The molecule has 138 valence electrons. The third-order valence-corrected chi connectivity index (χ3v) is 6.63. The van der Waals surface area contributed by atoms with Crippen molar-refractivity contribution in [1.82, 2.24) is 0 Å². The van der Waals surface area contributed by atoms with Crippen LogP contribution >= 0.6 is 11.6 Å². The highest BCUT2D eigenvalue weighted by Crippen LogP contribution is 2.44. The van der Waals surface area contributed by atoms with Crippen LogP contribution in [0.4, 0.5) is 11.4 Å². The van der Waals surface area contributed by atoms with Gasteiger partial charge in [0, 0.05) is 11.6 Å². The average Bonchev–Trinajstić information content (AvgIpc) is 2.88. The molecular weight excluding hydrogens is 386 g/mol. The molecule has 4 rings (SSSR count). The number of carbonyl (C=O) groups excluding carboxylic acids is 1. The molecule has 6 nitrogen and oxygen atoms in total. The Morgan fingerprint density at radius 2 is 2.07 bits per heavy atom. The first-order valence-corrected chi connectivity index (χ1v) is 10.4. The van der Waals surface area contributed by atoms with E-state index in [0.29, 0.717) is 11.6 Å². The Morgan fingerprint density at radius 1 is 1.30 bits per heavy atom. The number of nitrogens with zero attached hydrogens (tertiary/aromatic N) is 2. The van der Waals surface area contributed by atoms with Crippen molar-refractivity contribution in [3.8, 4) is 6.07 Å². The Labute approximate surface area is 162 Å². The molecule has 2 aliphatic rings. The molecule has 0 aliphatic carbocycles. The predicted molar refractivity (Wildman–Crippen MR) is 103 cm³/mol. The van der Waals surface area contributed by atoms with E-state index >= 15 is 0 Å². The summed E-state index contributed by atoms with van der Waals surface area (Å²) >= 11 is 5.94. The van der Waals surface area contributed by atoms with Crippen molar-refractivity contribution in [3.63, 3.8) is 0 Å². The molecule has 0 fully saturated rings. The highest BCUT2D eigenvalue weighted by atomic mass is 35.5. The quantitative estimate of drug-likeness (QED) is 0.853. The van der Waals surface area contributed by atoms with Gasteiger partial charge in [0.05, 0.1) is 27.8 Å². The van der Waals surface area contributed by atoms with Crippen LogP contribution in [0.1, 0.15) is 36.0 Å². The third kappa shape index (κ3) is 2.85. The van der Waals surface area contributed by atoms with Crippen LogP contribution in [-0.4, -0.2) is 20.9 Å². The Hall–Kier alpha value is -2.56. The number of nitrogens with one attached hydrogen (secondary N) is 1. The molecule has 1 atom stereocenters. The van der Waals surface area contributed by atoms with Gasteiger partial charge in [0.2, 0.25) is 5.91 Å². The first-order valence-electron chi connectivity index (χ1n) is 8.52. The third-order valence-electron chi connectivity index (χ3n) is 5.05. The van der Waals surface area contributed by atoms with Gasteiger partial charge in [-0.15, -0.1) is 0 Å². The van der Waals surface area contributed by atoms with Crippen LogP contribution in [-0.2, 0) is 21.2 Å². The van der Waals surface area contributed by atoms with Crippen molar-refractivity contribution >= 4 is 38.9 Å². The number of halogens is 1. The highest BCUT2D eigenvalue weighted by molar-refractivity contribution is 7.92. The maximum atomic E-state index is 13.0. The predicted octanol–water partition coefficient (Wildman–Crippen LogP) is 3.41. The van der Waals surface area contributed by atoms with Gasteiger partial charge in [-0.1, -0.05) is 11.6 Å². The Balaban J connectivity index is 1.80. The molecule has 2 aromatic carbocycles. The summed E-state index contributed by atoms with van der Waals surface area (Å²) in [4.78, 5) is 14.3. The normalized spacial score (nSPS) is 18.2. The number of aryl methyl sites for hydroxylation is 1. The first-order chi connectivity index (χ1) is 12.8. The molecule has 0 spiro atoms. The molecule has 0 radical (unpaired) electrons. The Kier molecular flexibility index (Phi) is 4.13. The van der Waals surface area contributed by atoms with E-state index in [1.807, 2.05) is 6.07 Å². The van der Waals surface area contributed by atoms with Crippen LogP contribution in [0.2, 0.25) is 5.02 Å². The van der Waals surface area contributed by atoms with Crippen molar-refractivity contribution < 1.29 is 13.2 Å². The van der Waals surface area contributed by atoms with Gasteiger partial charge >= 0.3 is 0 Å². The largest absolute Gasteiger partial charge is 0.311 e. The molecule has 0 aromatic heterocycles. The number of rotatable bonds is 3. The SMILES string of the molecule is C[C@@H]1C(=O)N2CCCc3cc(S(=O)(=O)Nc4cc(Cl)ccc4C#N)cc1c32. The van der Waals surface area contributed by atoms with Crippen LogP contribution < -0.4 is 9.62 Å². The van der Waals surface area contributed by atoms with E-state index in [2.05, 4.69) is 4.72 Å². The van der Waals surface area contributed by atoms with Crippen molar-refractivity contribution in [2.75, 3.05) is 16.2 Å². The number of anilines is 2. The average molecular weight is 402 g/mol. The van der Waals surface area contributed by atoms with Gasteiger partial charge in [-0.2, -0.15) is 5.26 Å². The lowest BCUT2D eigenvalue weighted by molar-refractivity contribution is -0.119. The van der Waals surface area contributed by atoms with E-state index in [-0.39, 0.29) is 28.0 Å². The van der Waals surface area contributed by atoms with E-state index in [4.69, 9.17) is 11.6 Å². The zero-order valence-corrected chi connectivity index (χ0v) is 16.1. The minimum absolute atomic E-state index is 0.00932. The second-order valence-electron chi connectivity index (χ2n) is 6.74. The Bertz CT molecular complexity index is 1120. The molecule has 2 aromatic rings. The van der Waals surface area contributed by atoms with Crippen LogP contribution in [0.3, 0.4) is 0 Å². The number of hydrogen-bond donors (Lipinski definition) is 1. The van der Waals surface area contributed by atoms with E-state index in [1.54, 1.807) is 24.0 Å². The number of benzene rings is 2.